The summed E-state index contributed by atoms with van der Waals surface area (Å²) >= 11 is 0. The molecule has 0 bridgehead atoms. The van der Waals surface area contributed by atoms with Gasteiger partial charge in [-0.15, -0.1) is 0 Å². The molecule has 4 N–H and O–H groups in total. The molecule has 0 heterocycles. The molecule has 0 spiro atoms. The molecule has 0 amide bonds. The van der Waals surface area contributed by atoms with Gasteiger partial charge in [0.15, 0.2) is 0 Å². The number of hydrogen-bond donors (Lipinski definition) is 2. The van der Waals surface area contributed by atoms with Crippen LogP contribution in [0.3, 0.4) is 0 Å². The largest absolute Gasteiger partial charge is 0.489 e. The third-order valence-corrected chi connectivity index (χ3v) is 5.86. The predicted octanol–water partition coefficient (Wildman–Crippen LogP) is 6.28. The summed E-state index contributed by atoms with van der Waals surface area (Å²) in [6.07, 6.45) is 11.0. The maximum Gasteiger partial charge on any atom is 0.119 e. The Hall–Kier alpha value is -2.16. The Morgan fingerprint density at radius 2 is 1.56 bits per heavy atom. The summed E-state index contributed by atoms with van der Waals surface area (Å²) in [6, 6.07) is 14.2. The summed E-state index contributed by atoms with van der Waals surface area (Å²) in [5.74, 6) is 2.57. The van der Waals surface area contributed by atoms with Gasteiger partial charge < -0.3 is 16.2 Å². The van der Waals surface area contributed by atoms with Crippen molar-refractivity contribution in [1.82, 2.24) is 0 Å². The van der Waals surface area contributed by atoms with Crippen molar-refractivity contribution in [3.8, 4) is 5.75 Å². The molecule has 1 fully saturated rings. The number of nitrogen functional groups attached to an aromatic ring is 2. The van der Waals surface area contributed by atoms with Crippen LogP contribution in [0, 0.1) is 5.92 Å². The fourth-order valence-corrected chi connectivity index (χ4v) is 4.30. The third-order valence-electron chi connectivity index (χ3n) is 5.86. The molecule has 0 unspecified atom stereocenters. The van der Waals surface area contributed by atoms with Crippen LogP contribution in [0.1, 0.15) is 75.3 Å². The van der Waals surface area contributed by atoms with E-state index in [4.69, 9.17) is 16.2 Å². The number of benzene rings is 2. The number of ether oxygens (including phenoxy) is 1. The van der Waals surface area contributed by atoms with Gasteiger partial charge in [-0.2, -0.15) is 0 Å². The lowest BCUT2D eigenvalue weighted by Crippen LogP contribution is -2.13. The maximum absolute atomic E-state index is 5.91. The van der Waals surface area contributed by atoms with Gasteiger partial charge in [0.2, 0.25) is 0 Å². The van der Waals surface area contributed by atoms with Crippen LogP contribution in [0.15, 0.2) is 42.5 Å². The average Bonchev–Trinajstić information content (AvgIpc) is 2.67. The molecule has 0 saturated heterocycles. The van der Waals surface area contributed by atoms with Crippen LogP contribution in [0.5, 0.6) is 5.75 Å². The number of anilines is 2. The molecule has 3 heteroatoms. The van der Waals surface area contributed by atoms with E-state index in [1.807, 2.05) is 12.1 Å². The van der Waals surface area contributed by atoms with Crippen LogP contribution in [-0.2, 0) is 6.61 Å². The average molecular weight is 367 g/mol. The van der Waals surface area contributed by atoms with Gasteiger partial charge >= 0.3 is 0 Å². The highest BCUT2D eigenvalue weighted by Gasteiger charge is 2.22. The Labute approximate surface area is 164 Å². The second-order valence-electron chi connectivity index (χ2n) is 8.08. The van der Waals surface area contributed by atoms with Crippen molar-refractivity contribution in [3.63, 3.8) is 0 Å². The topological polar surface area (TPSA) is 61.3 Å². The van der Waals surface area contributed by atoms with Crippen LogP contribution in [0.25, 0.3) is 0 Å². The van der Waals surface area contributed by atoms with Gasteiger partial charge in [-0.3, -0.25) is 0 Å². The summed E-state index contributed by atoms with van der Waals surface area (Å²) in [7, 11) is 0. The van der Waals surface area contributed by atoms with Crippen LogP contribution >= 0.6 is 0 Å². The summed E-state index contributed by atoms with van der Waals surface area (Å²) in [5.41, 5.74) is 15.5. The molecule has 1 aliphatic rings. The van der Waals surface area contributed by atoms with E-state index in [1.165, 1.54) is 56.9 Å². The number of hydrogen-bond acceptors (Lipinski definition) is 3. The molecule has 0 atom stereocenters. The quantitative estimate of drug-likeness (QED) is 0.426. The van der Waals surface area contributed by atoms with E-state index in [-0.39, 0.29) is 0 Å². The second-order valence-corrected chi connectivity index (χ2v) is 8.08. The Kier molecular flexibility index (Phi) is 7.03. The minimum Gasteiger partial charge on any atom is -0.489 e. The van der Waals surface area contributed by atoms with Crippen molar-refractivity contribution >= 4 is 11.4 Å². The smallest absolute Gasteiger partial charge is 0.119 e. The molecular formula is C24H34N2O. The molecule has 3 rings (SSSR count). The van der Waals surface area contributed by atoms with Gasteiger partial charge in [0.1, 0.15) is 12.4 Å². The fraction of sp³-hybridized carbons (Fsp3) is 0.500. The highest BCUT2D eigenvalue weighted by Crippen LogP contribution is 2.38. The molecular weight excluding hydrogens is 332 g/mol. The summed E-state index contributed by atoms with van der Waals surface area (Å²) in [5, 5.41) is 0. The second kappa shape index (κ2) is 9.68. The Morgan fingerprint density at radius 3 is 2.19 bits per heavy atom. The fourth-order valence-electron chi connectivity index (χ4n) is 4.30. The first-order chi connectivity index (χ1) is 13.1. The van der Waals surface area contributed by atoms with E-state index in [0.717, 1.165) is 23.1 Å². The maximum atomic E-state index is 5.91. The van der Waals surface area contributed by atoms with E-state index in [0.29, 0.717) is 18.0 Å². The van der Waals surface area contributed by atoms with E-state index in [1.54, 1.807) is 6.07 Å². The van der Waals surface area contributed by atoms with Crippen molar-refractivity contribution in [2.75, 3.05) is 11.5 Å². The van der Waals surface area contributed by atoms with Crippen molar-refractivity contribution in [2.45, 2.75) is 70.8 Å². The molecule has 0 aliphatic heterocycles. The SMILES string of the molecule is CCCCCC1CCC(c2ccc(OCc3cc(N)cc(N)c3)cc2)CC1. The highest BCUT2D eigenvalue weighted by atomic mass is 16.5. The van der Waals surface area contributed by atoms with E-state index in [2.05, 4.69) is 31.2 Å². The normalized spacial score (nSPS) is 19.7. The van der Waals surface area contributed by atoms with Gasteiger partial charge in [-0.25, -0.2) is 0 Å². The summed E-state index contributed by atoms with van der Waals surface area (Å²) in [4.78, 5) is 0. The summed E-state index contributed by atoms with van der Waals surface area (Å²) in [6.45, 7) is 2.77. The molecule has 0 radical (unpaired) electrons. The Morgan fingerprint density at radius 1 is 0.889 bits per heavy atom. The van der Waals surface area contributed by atoms with Crippen LogP contribution < -0.4 is 16.2 Å². The highest BCUT2D eigenvalue weighted by molar-refractivity contribution is 5.54. The van der Waals surface area contributed by atoms with Gasteiger partial charge in [-0.1, -0.05) is 44.7 Å². The molecule has 1 aliphatic carbocycles. The van der Waals surface area contributed by atoms with E-state index in [9.17, 15) is 0 Å². The van der Waals surface area contributed by atoms with Crippen molar-refractivity contribution < 1.29 is 4.74 Å². The van der Waals surface area contributed by atoms with Crippen molar-refractivity contribution in [2.24, 2.45) is 5.92 Å². The van der Waals surface area contributed by atoms with E-state index >= 15 is 0 Å². The molecule has 27 heavy (non-hydrogen) atoms. The minimum absolute atomic E-state index is 0.484. The molecule has 2 aromatic carbocycles. The zero-order valence-corrected chi connectivity index (χ0v) is 16.6. The zero-order chi connectivity index (χ0) is 19.1. The number of unbranched alkanes of at least 4 members (excludes halogenated alkanes) is 2. The van der Waals surface area contributed by atoms with Gasteiger partial charge in [-0.05, 0) is 79.0 Å². The van der Waals surface area contributed by atoms with Gasteiger partial charge in [0.25, 0.3) is 0 Å². The third kappa shape index (κ3) is 5.92. The van der Waals surface area contributed by atoms with Crippen LogP contribution in [0.2, 0.25) is 0 Å². The minimum atomic E-state index is 0.484. The molecule has 146 valence electrons. The molecule has 1 saturated carbocycles. The first-order valence-corrected chi connectivity index (χ1v) is 10.5. The first-order valence-electron chi connectivity index (χ1n) is 10.5. The molecule has 3 nitrogen and oxygen atoms in total. The van der Waals surface area contributed by atoms with E-state index < -0.39 is 0 Å². The zero-order valence-electron chi connectivity index (χ0n) is 16.6. The Balaban J connectivity index is 1.47. The lowest BCUT2D eigenvalue weighted by atomic mass is 9.77. The van der Waals surface area contributed by atoms with Gasteiger partial charge in [0.05, 0.1) is 0 Å². The number of nitrogens with two attached hydrogens (primary N) is 2. The number of rotatable bonds is 8. The molecule has 2 aromatic rings. The monoisotopic (exact) mass is 366 g/mol. The lowest BCUT2D eigenvalue weighted by Gasteiger charge is -2.29. The standard InChI is InChI=1S/C24H34N2O/c1-2-3-4-5-18-6-8-20(9-7-18)21-10-12-24(13-11-21)27-17-19-14-22(25)16-23(26)15-19/h10-16,18,20H,2-9,17,25-26H2,1H3. The van der Waals surface area contributed by atoms with Gasteiger partial charge in [0, 0.05) is 11.4 Å². The van der Waals surface area contributed by atoms with Crippen LogP contribution in [0.4, 0.5) is 11.4 Å². The summed E-state index contributed by atoms with van der Waals surface area (Å²) < 4.78 is 5.91. The predicted molar refractivity (Wildman–Crippen MR) is 115 cm³/mol. The van der Waals surface area contributed by atoms with Crippen LogP contribution in [-0.4, -0.2) is 0 Å². The van der Waals surface area contributed by atoms with Crippen molar-refractivity contribution in [1.29, 1.82) is 0 Å². The molecule has 0 aromatic heterocycles. The first kappa shape index (κ1) is 19.6. The Bertz CT molecular complexity index is 683. The van der Waals surface area contributed by atoms with Crippen molar-refractivity contribution in [3.05, 3.63) is 53.6 Å². The lowest BCUT2D eigenvalue weighted by molar-refractivity contribution is 0.300.